The van der Waals surface area contributed by atoms with E-state index in [2.05, 4.69) is 4.98 Å². The van der Waals surface area contributed by atoms with Gasteiger partial charge in [-0.2, -0.15) is 0 Å². The molecule has 0 saturated heterocycles. The van der Waals surface area contributed by atoms with Crippen LogP contribution in [-0.2, 0) is 6.42 Å². The summed E-state index contributed by atoms with van der Waals surface area (Å²) in [5.41, 5.74) is 1.86. The Morgan fingerprint density at radius 2 is 2.19 bits per heavy atom. The molecule has 1 N–H and O–H groups in total. The van der Waals surface area contributed by atoms with Gasteiger partial charge in [0.15, 0.2) is 0 Å². The molecule has 0 spiro atoms. The highest BCUT2D eigenvalue weighted by Gasteiger charge is 2.08. The zero-order valence-corrected chi connectivity index (χ0v) is 8.97. The lowest BCUT2D eigenvalue weighted by molar-refractivity contribution is 0.138. The van der Waals surface area contributed by atoms with Gasteiger partial charge < -0.3 is 9.72 Å². The Morgan fingerprint density at radius 1 is 1.38 bits per heavy atom. The number of nitrogens with one attached hydrogen (secondary N) is 1. The van der Waals surface area contributed by atoms with Crippen molar-refractivity contribution in [1.82, 2.24) is 4.98 Å². The molecule has 2 rings (SSSR count). The number of halogens is 2. The van der Waals surface area contributed by atoms with Gasteiger partial charge in [-0.15, -0.1) is 0 Å². The molecule has 0 radical (unpaired) electrons. The maximum absolute atomic E-state index is 12.1. The first-order valence-electron chi connectivity index (χ1n) is 5.13. The summed E-state index contributed by atoms with van der Waals surface area (Å²) in [5.74, 6) is 0.741. The fraction of sp³-hybridized carbons (Fsp3) is 0.333. The number of ether oxygens (including phenoxy) is 1. The highest BCUT2D eigenvalue weighted by molar-refractivity contribution is 5.84. The maximum Gasteiger partial charge on any atom is 0.239 e. The van der Waals surface area contributed by atoms with Crippen LogP contribution in [0.25, 0.3) is 10.9 Å². The Labute approximate surface area is 92.2 Å². The van der Waals surface area contributed by atoms with Gasteiger partial charge in [0.25, 0.3) is 0 Å². The monoisotopic (exact) mass is 225 g/mol. The number of aromatic amines is 1. The summed E-state index contributed by atoms with van der Waals surface area (Å²) < 4.78 is 29.4. The van der Waals surface area contributed by atoms with E-state index >= 15 is 0 Å². The SMILES string of the molecule is COc1ccc2[nH]cc(CCC(F)F)c2c1. The van der Waals surface area contributed by atoms with Crippen LogP contribution in [0.3, 0.4) is 0 Å². The van der Waals surface area contributed by atoms with Crippen LogP contribution in [0, 0.1) is 0 Å². The van der Waals surface area contributed by atoms with Crippen molar-refractivity contribution in [3.05, 3.63) is 30.0 Å². The summed E-state index contributed by atoms with van der Waals surface area (Å²) >= 11 is 0. The predicted molar refractivity (Wildman–Crippen MR) is 59.2 cm³/mol. The second-order valence-corrected chi connectivity index (χ2v) is 3.66. The zero-order valence-electron chi connectivity index (χ0n) is 8.97. The molecule has 1 heterocycles. The van der Waals surface area contributed by atoms with E-state index < -0.39 is 6.43 Å². The molecule has 1 aromatic heterocycles. The number of hydrogen-bond acceptors (Lipinski definition) is 1. The van der Waals surface area contributed by atoms with E-state index in [1.165, 1.54) is 0 Å². The van der Waals surface area contributed by atoms with Crippen LogP contribution in [0.2, 0.25) is 0 Å². The predicted octanol–water partition coefficient (Wildman–Crippen LogP) is 3.37. The molecule has 86 valence electrons. The van der Waals surface area contributed by atoms with Crippen molar-refractivity contribution in [3.63, 3.8) is 0 Å². The number of fused-ring (bicyclic) bond motifs is 1. The van der Waals surface area contributed by atoms with E-state index in [1.54, 1.807) is 13.3 Å². The van der Waals surface area contributed by atoms with Crippen molar-refractivity contribution < 1.29 is 13.5 Å². The molecule has 0 amide bonds. The molecule has 0 fully saturated rings. The molecular formula is C12H13F2NO. The minimum Gasteiger partial charge on any atom is -0.497 e. The van der Waals surface area contributed by atoms with Gasteiger partial charge >= 0.3 is 0 Å². The minimum absolute atomic E-state index is 0.107. The van der Waals surface area contributed by atoms with E-state index in [-0.39, 0.29) is 6.42 Å². The smallest absolute Gasteiger partial charge is 0.239 e. The first-order valence-corrected chi connectivity index (χ1v) is 5.13. The summed E-state index contributed by atoms with van der Waals surface area (Å²) in [4.78, 5) is 3.06. The number of aryl methyl sites for hydroxylation is 1. The maximum atomic E-state index is 12.1. The van der Waals surface area contributed by atoms with Gasteiger partial charge in [0.05, 0.1) is 7.11 Å². The summed E-state index contributed by atoms with van der Waals surface area (Å²) in [7, 11) is 1.59. The van der Waals surface area contributed by atoms with Gasteiger partial charge in [-0.05, 0) is 30.2 Å². The molecule has 1 aromatic carbocycles. The normalized spacial score (nSPS) is 11.2. The Kier molecular flexibility index (Phi) is 3.08. The lowest BCUT2D eigenvalue weighted by Gasteiger charge is -2.01. The summed E-state index contributed by atoms with van der Waals surface area (Å²) in [6, 6.07) is 5.60. The van der Waals surface area contributed by atoms with Crippen LogP contribution in [0.4, 0.5) is 8.78 Å². The Hall–Kier alpha value is -1.58. The molecule has 0 bridgehead atoms. The number of rotatable bonds is 4. The van der Waals surface area contributed by atoms with Gasteiger partial charge in [-0.25, -0.2) is 8.78 Å². The van der Waals surface area contributed by atoms with E-state index in [0.717, 1.165) is 22.2 Å². The summed E-state index contributed by atoms with van der Waals surface area (Å²) in [5, 5.41) is 0.958. The van der Waals surface area contributed by atoms with Gasteiger partial charge in [0, 0.05) is 23.5 Å². The van der Waals surface area contributed by atoms with E-state index in [4.69, 9.17) is 4.74 Å². The number of aromatic nitrogens is 1. The number of H-pyrrole nitrogens is 1. The quantitative estimate of drug-likeness (QED) is 0.847. The fourth-order valence-electron chi connectivity index (χ4n) is 1.76. The third-order valence-electron chi connectivity index (χ3n) is 2.61. The Morgan fingerprint density at radius 3 is 2.88 bits per heavy atom. The van der Waals surface area contributed by atoms with Crippen LogP contribution < -0.4 is 4.74 Å². The summed E-state index contributed by atoms with van der Waals surface area (Å²) in [6.45, 7) is 0. The number of benzene rings is 1. The average molecular weight is 225 g/mol. The lowest BCUT2D eigenvalue weighted by Crippen LogP contribution is -1.93. The zero-order chi connectivity index (χ0) is 11.5. The van der Waals surface area contributed by atoms with Gasteiger partial charge in [0.2, 0.25) is 6.43 Å². The molecule has 0 aliphatic rings. The average Bonchev–Trinajstić information content (AvgIpc) is 2.68. The molecule has 4 heteroatoms. The fourth-order valence-corrected chi connectivity index (χ4v) is 1.76. The summed E-state index contributed by atoms with van der Waals surface area (Å²) in [6.07, 6.45) is -0.197. The number of alkyl halides is 2. The van der Waals surface area contributed by atoms with Crippen LogP contribution in [0.5, 0.6) is 5.75 Å². The second-order valence-electron chi connectivity index (χ2n) is 3.66. The van der Waals surface area contributed by atoms with Crippen molar-refractivity contribution in [2.45, 2.75) is 19.3 Å². The Bertz CT molecular complexity index is 479. The third kappa shape index (κ3) is 2.15. The lowest BCUT2D eigenvalue weighted by atomic mass is 10.1. The first-order chi connectivity index (χ1) is 7.70. The van der Waals surface area contributed by atoms with Gasteiger partial charge in [-0.1, -0.05) is 0 Å². The number of hydrogen-bond donors (Lipinski definition) is 1. The van der Waals surface area contributed by atoms with Crippen LogP contribution in [0.15, 0.2) is 24.4 Å². The van der Waals surface area contributed by atoms with Crippen molar-refractivity contribution >= 4 is 10.9 Å². The molecule has 0 aliphatic carbocycles. The van der Waals surface area contributed by atoms with E-state index in [1.807, 2.05) is 18.2 Å². The van der Waals surface area contributed by atoms with E-state index in [9.17, 15) is 8.78 Å². The third-order valence-corrected chi connectivity index (χ3v) is 2.61. The van der Waals surface area contributed by atoms with Crippen molar-refractivity contribution in [2.24, 2.45) is 0 Å². The molecule has 16 heavy (non-hydrogen) atoms. The highest BCUT2D eigenvalue weighted by atomic mass is 19.3. The molecule has 2 nitrogen and oxygen atoms in total. The van der Waals surface area contributed by atoms with Crippen molar-refractivity contribution in [1.29, 1.82) is 0 Å². The van der Waals surface area contributed by atoms with Gasteiger partial charge in [0.1, 0.15) is 5.75 Å². The second kappa shape index (κ2) is 4.51. The van der Waals surface area contributed by atoms with Gasteiger partial charge in [-0.3, -0.25) is 0 Å². The van der Waals surface area contributed by atoms with Crippen molar-refractivity contribution in [3.8, 4) is 5.75 Å². The van der Waals surface area contributed by atoms with Crippen LogP contribution in [-0.4, -0.2) is 18.5 Å². The number of methoxy groups -OCH3 is 1. The molecule has 0 saturated carbocycles. The topological polar surface area (TPSA) is 25.0 Å². The van der Waals surface area contributed by atoms with Crippen LogP contribution in [0.1, 0.15) is 12.0 Å². The largest absolute Gasteiger partial charge is 0.497 e. The van der Waals surface area contributed by atoms with Crippen LogP contribution >= 0.6 is 0 Å². The Balaban J connectivity index is 2.30. The minimum atomic E-state index is -2.25. The standard InChI is InChI=1S/C12H13F2NO/c1-16-9-3-4-11-10(6-9)8(7-15-11)2-5-12(13)14/h3-4,6-7,12,15H,2,5H2,1H3. The molecule has 0 atom stereocenters. The molecular weight excluding hydrogens is 212 g/mol. The highest BCUT2D eigenvalue weighted by Crippen LogP contribution is 2.24. The van der Waals surface area contributed by atoms with Crippen molar-refractivity contribution in [2.75, 3.05) is 7.11 Å². The molecule has 2 aromatic rings. The molecule has 0 unspecified atom stereocenters. The molecule has 0 aliphatic heterocycles. The van der Waals surface area contributed by atoms with E-state index in [0.29, 0.717) is 6.42 Å². The first kappa shape index (κ1) is 10.9.